The molecule has 1 saturated carbocycles. The molecule has 1 aromatic carbocycles. The Labute approximate surface area is 173 Å². The summed E-state index contributed by atoms with van der Waals surface area (Å²) in [7, 11) is 0. The Morgan fingerprint density at radius 2 is 2.03 bits per heavy atom. The van der Waals surface area contributed by atoms with Gasteiger partial charge in [0.15, 0.2) is 0 Å². The van der Waals surface area contributed by atoms with Gasteiger partial charge in [0.25, 0.3) is 6.01 Å². The molecule has 1 fully saturated rings. The summed E-state index contributed by atoms with van der Waals surface area (Å²) in [6.45, 7) is 0.197. The summed E-state index contributed by atoms with van der Waals surface area (Å²) in [5, 5.41) is 0.961. The Kier molecular flexibility index (Phi) is 5.72. The number of hydrogen-bond acceptors (Lipinski definition) is 4. The van der Waals surface area contributed by atoms with Crippen LogP contribution < -0.4 is 10.5 Å². The lowest BCUT2D eigenvalue weighted by atomic mass is 9.79. The summed E-state index contributed by atoms with van der Waals surface area (Å²) in [5.41, 5.74) is 7.39. The number of rotatable bonds is 6. The first kappa shape index (κ1) is 19.7. The van der Waals surface area contributed by atoms with Crippen molar-refractivity contribution in [3.8, 4) is 5.88 Å². The van der Waals surface area contributed by atoms with Crippen LogP contribution in [0.2, 0.25) is 5.02 Å². The maximum atomic E-state index is 13.5. The number of hydrogen-bond donors (Lipinski definition) is 1. The van der Waals surface area contributed by atoms with Gasteiger partial charge in [0.1, 0.15) is 12.2 Å². The van der Waals surface area contributed by atoms with Crippen molar-refractivity contribution < 1.29 is 18.3 Å². The van der Waals surface area contributed by atoms with Crippen molar-refractivity contribution in [2.45, 2.75) is 44.6 Å². The zero-order valence-corrected chi connectivity index (χ0v) is 16.6. The predicted molar refractivity (Wildman–Crippen MR) is 108 cm³/mol. The van der Waals surface area contributed by atoms with Gasteiger partial charge in [-0.2, -0.15) is 4.39 Å². The molecule has 1 aliphatic carbocycles. The number of aromatic nitrogens is 1. The number of benzene rings is 1. The van der Waals surface area contributed by atoms with E-state index in [0.717, 1.165) is 31.4 Å². The number of primary amides is 1. The van der Waals surface area contributed by atoms with Crippen molar-refractivity contribution in [2.24, 2.45) is 11.7 Å². The van der Waals surface area contributed by atoms with Crippen molar-refractivity contribution in [3.63, 3.8) is 0 Å². The zero-order valence-electron chi connectivity index (χ0n) is 15.9. The molecule has 152 valence electrons. The fourth-order valence-corrected chi connectivity index (χ4v) is 4.27. The average molecular weight is 417 g/mol. The number of fused-ring (bicyclic) bond motifs is 1. The van der Waals surface area contributed by atoms with E-state index in [2.05, 4.69) is 4.98 Å². The highest BCUT2D eigenvalue weighted by Crippen LogP contribution is 2.37. The van der Waals surface area contributed by atoms with Gasteiger partial charge in [-0.05, 0) is 43.7 Å². The van der Waals surface area contributed by atoms with Gasteiger partial charge in [-0.15, -0.1) is 0 Å². The van der Waals surface area contributed by atoms with E-state index in [-0.39, 0.29) is 12.5 Å². The summed E-state index contributed by atoms with van der Waals surface area (Å²) >= 11 is 6.10. The molecule has 4 rings (SSSR count). The molecule has 2 aromatic heterocycles. The molecule has 0 aliphatic heterocycles. The molecule has 1 amide bonds. The lowest BCUT2D eigenvalue weighted by Gasteiger charge is -2.27. The summed E-state index contributed by atoms with van der Waals surface area (Å²) in [6.07, 6.45) is 4.39. The van der Waals surface area contributed by atoms with Crippen molar-refractivity contribution in [1.29, 1.82) is 0 Å². The van der Waals surface area contributed by atoms with E-state index in [4.69, 9.17) is 26.5 Å². The number of carbonyl (C=O) groups excluding carboxylic acids is 1. The fourth-order valence-electron chi connectivity index (χ4n) is 4.07. The Bertz CT molecular complexity index is 1030. The molecule has 3 aromatic rings. The molecule has 5 nitrogen and oxygen atoms in total. The maximum Gasteiger partial charge on any atom is 0.278 e. The number of nitrogens with zero attached hydrogens (tertiary/aromatic N) is 1. The van der Waals surface area contributed by atoms with Crippen molar-refractivity contribution in [1.82, 2.24) is 4.98 Å². The topological polar surface area (TPSA) is 78.4 Å². The Morgan fingerprint density at radius 1 is 1.24 bits per heavy atom. The minimum absolute atomic E-state index is 0.197. The van der Waals surface area contributed by atoms with Gasteiger partial charge in [-0.25, -0.2) is 4.98 Å². The lowest BCUT2D eigenvalue weighted by molar-refractivity contribution is -0.119. The standard InChI is InChI=1S/C22H22ClFN2O3/c23-17-9-8-15(22-16(17)11-19(24)29-22)12-28-21-3-1-2-18(26-21)14-6-4-13(5-7-14)10-20(25)27/h1-3,8-9,11,13-14H,4-7,10,12H2,(H2,25,27). The van der Waals surface area contributed by atoms with Gasteiger partial charge in [-0.3, -0.25) is 4.79 Å². The number of furan rings is 1. The smallest absolute Gasteiger partial charge is 0.278 e. The van der Waals surface area contributed by atoms with Gasteiger partial charge < -0.3 is 14.9 Å². The SMILES string of the molecule is NC(=O)CC1CCC(c2cccc(OCc3ccc(Cl)c4cc(F)oc34)n2)CC1. The Balaban J connectivity index is 1.43. The molecule has 0 unspecified atom stereocenters. The number of carbonyl (C=O) groups is 1. The van der Waals surface area contributed by atoms with Gasteiger partial charge >= 0.3 is 0 Å². The van der Waals surface area contributed by atoms with E-state index in [9.17, 15) is 9.18 Å². The molecule has 0 spiro atoms. The summed E-state index contributed by atoms with van der Waals surface area (Å²) in [6, 6.07) is 9.79. The average Bonchev–Trinajstić information content (AvgIpc) is 3.10. The first-order chi connectivity index (χ1) is 14.0. The second-order valence-electron chi connectivity index (χ2n) is 7.58. The van der Waals surface area contributed by atoms with Crippen LogP contribution in [0.15, 0.2) is 40.8 Å². The minimum atomic E-state index is -0.679. The van der Waals surface area contributed by atoms with Crippen LogP contribution in [0.1, 0.15) is 49.3 Å². The Hall–Kier alpha value is -2.60. The number of amides is 1. The van der Waals surface area contributed by atoms with Crippen molar-refractivity contribution in [3.05, 3.63) is 58.7 Å². The van der Waals surface area contributed by atoms with Crippen LogP contribution in [0.5, 0.6) is 5.88 Å². The zero-order chi connectivity index (χ0) is 20.4. The molecule has 0 radical (unpaired) electrons. The molecule has 29 heavy (non-hydrogen) atoms. The quantitative estimate of drug-likeness (QED) is 0.587. The third-order valence-electron chi connectivity index (χ3n) is 5.56. The van der Waals surface area contributed by atoms with Crippen LogP contribution in [-0.2, 0) is 11.4 Å². The van der Waals surface area contributed by atoms with E-state index in [1.807, 2.05) is 12.1 Å². The van der Waals surface area contributed by atoms with Crippen LogP contribution in [0, 0.1) is 11.9 Å². The normalized spacial score (nSPS) is 19.4. The molecule has 0 bridgehead atoms. The van der Waals surface area contributed by atoms with Crippen LogP contribution in [-0.4, -0.2) is 10.9 Å². The van der Waals surface area contributed by atoms with E-state index >= 15 is 0 Å². The highest BCUT2D eigenvalue weighted by Gasteiger charge is 2.24. The first-order valence-electron chi connectivity index (χ1n) is 9.74. The predicted octanol–water partition coefficient (Wildman–Crippen LogP) is 5.35. The minimum Gasteiger partial charge on any atom is -0.473 e. The highest BCUT2D eigenvalue weighted by molar-refractivity contribution is 6.35. The van der Waals surface area contributed by atoms with Gasteiger partial charge in [0, 0.05) is 41.1 Å². The summed E-state index contributed by atoms with van der Waals surface area (Å²) in [4.78, 5) is 15.8. The second kappa shape index (κ2) is 8.41. The van der Waals surface area contributed by atoms with E-state index < -0.39 is 6.01 Å². The summed E-state index contributed by atoms with van der Waals surface area (Å²) in [5.74, 6) is 1.01. The van der Waals surface area contributed by atoms with Crippen LogP contribution in [0.25, 0.3) is 11.0 Å². The van der Waals surface area contributed by atoms with E-state index in [0.29, 0.717) is 45.7 Å². The molecule has 2 heterocycles. The van der Waals surface area contributed by atoms with E-state index in [1.54, 1.807) is 18.2 Å². The van der Waals surface area contributed by atoms with Crippen LogP contribution in [0.3, 0.4) is 0 Å². The van der Waals surface area contributed by atoms with Gasteiger partial charge in [0.05, 0.1) is 5.02 Å². The van der Waals surface area contributed by atoms with Gasteiger partial charge in [-0.1, -0.05) is 23.7 Å². The summed E-state index contributed by atoms with van der Waals surface area (Å²) < 4.78 is 24.5. The Morgan fingerprint density at radius 3 is 2.79 bits per heavy atom. The highest BCUT2D eigenvalue weighted by atomic mass is 35.5. The third kappa shape index (κ3) is 4.53. The molecule has 0 atom stereocenters. The second-order valence-corrected chi connectivity index (χ2v) is 7.98. The third-order valence-corrected chi connectivity index (χ3v) is 5.89. The molecule has 1 aliphatic rings. The number of pyridine rings is 1. The molecule has 7 heteroatoms. The van der Waals surface area contributed by atoms with Crippen LogP contribution >= 0.6 is 11.6 Å². The van der Waals surface area contributed by atoms with E-state index in [1.165, 1.54) is 6.07 Å². The number of nitrogens with two attached hydrogens (primary N) is 1. The van der Waals surface area contributed by atoms with Gasteiger partial charge in [0.2, 0.25) is 11.8 Å². The monoisotopic (exact) mass is 416 g/mol. The molecule has 0 saturated heterocycles. The molecular weight excluding hydrogens is 395 g/mol. The number of halogens is 2. The first-order valence-corrected chi connectivity index (χ1v) is 10.1. The fraction of sp³-hybridized carbons (Fsp3) is 0.364. The molecule has 2 N–H and O–H groups in total. The number of ether oxygens (including phenoxy) is 1. The molecular formula is C22H22ClFN2O3. The lowest BCUT2D eigenvalue weighted by Crippen LogP contribution is -2.21. The van der Waals surface area contributed by atoms with Crippen molar-refractivity contribution in [2.75, 3.05) is 0 Å². The largest absolute Gasteiger partial charge is 0.473 e. The van der Waals surface area contributed by atoms with Crippen molar-refractivity contribution >= 4 is 28.5 Å². The maximum absolute atomic E-state index is 13.5. The van der Waals surface area contributed by atoms with Crippen LogP contribution in [0.4, 0.5) is 4.39 Å².